The third-order valence-electron chi connectivity index (χ3n) is 5.22. The van der Waals surface area contributed by atoms with Crippen molar-refractivity contribution >= 4 is 15.9 Å². The Hall–Kier alpha value is -1.40. The van der Waals surface area contributed by atoms with Crippen molar-refractivity contribution in [2.75, 3.05) is 26.2 Å². The topological polar surface area (TPSA) is 57.7 Å². The molecular formula is C19H28N2O3S. The van der Waals surface area contributed by atoms with Crippen molar-refractivity contribution in [3.8, 4) is 0 Å². The highest BCUT2D eigenvalue weighted by molar-refractivity contribution is 7.89. The molecule has 138 valence electrons. The van der Waals surface area contributed by atoms with Crippen LogP contribution in [0.25, 0.3) is 0 Å². The number of carbonyl (C=O) groups excluding carboxylic acids is 1. The van der Waals surface area contributed by atoms with E-state index in [-0.39, 0.29) is 10.8 Å². The maximum Gasteiger partial charge on any atom is 0.253 e. The van der Waals surface area contributed by atoms with Crippen LogP contribution in [0.3, 0.4) is 0 Å². The lowest BCUT2D eigenvalue weighted by atomic mass is 9.94. The third kappa shape index (κ3) is 4.06. The first-order valence-corrected chi connectivity index (χ1v) is 10.7. The number of benzene rings is 1. The lowest BCUT2D eigenvalue weighted by molar-refractivity contribution is 0.0724. The highest BCUT2D eigenvalue weighted by Crippen LogP contribution is 2.27. The number of hydrogen-bond acceptors (Lipinski definition) is 3. The van der Waals surface area contributed by atoms with E-state index in [1.807, 2.05) is 4.90 Å². The number of amides is 1. The van der Waals surface area contributed by atoms with Crippen LogP contribution in [0, 0.1) is 11.8 Å². The van der Waals surface area contributed by atoms with Crippen LogP contribution in [0.1, 0.15) is 49.9 Å². The van der Waals surface area contributed by atoms with Crippen molar-refractivity contribution in [2.24, 2.45) is 11.8 Å². The number of nitrogens with zero attached hydrogens (tertiary/aromatic N) is 2. The molecule has 1 aromatic carbocycles. The molecule has 0 radical (unpaired) electrons. The lowest BCUT2D eigenvalue weighted by Crippen LogP contribution is -2.42. The molecule has 1 amide bonds. The Morgan fingerprint density at radius 1 is 0.960 bits per heavy atom. The van der Waals surface area contributed by atoms with E-state index >= 15 is 0 Å². The van der Waals surface area contributed by atoms with Gasteiger partial charge in [0.1, 0.15) is 0 Å². The van der Waals surface area contributed by atoms with Gasteiger partial charge in [0.25, 0.3) is 5.91 Å². The van der Waals surface area contributed by atoms with Crippen LogP contribution in [-0.2, 0) is 10.0 Å². The Balaban J connectivity index is 1.75. The van der Waals surface area contributed by atoms with Crippen molar-refractivity contribution in [3.63, 3.8) is 0 Å². The molecule has 2 fully saturated rings. The minimum absolute atomic E-state index is 0.00358. The molecule has 6 heteroatoms. The first-order chi connectivity index (χ1) is 11.9. The highest BCUT2D eigenvalue weighted by atomic mass is 32.2. The number of carbonyl (C=O) groups is 1. The molecule has 5 nitrogen and oxygen atoms in total. The molecule has 0 aliphatic carbocycles. The van der Waals surface area contributed by atoms with E-state index in [4.69, 9.17) is 0 Å². The average molecular weight is 365 g/mol. The summed E-state index contributed by atoms with van der Waals surface area (Å²) in [5.41, 5.74) is 0.571. The van der Waals surface area contributed by atoms with Gasteiger partial charge >= 0.3 is 0 Å². The molecule has 1 aromatic rings. The average Bonchev–Trinajstić information content (AvgIpc) is 2.61. The largest absolute Gasteiger partial charge is 0.339 e. The third-order valence-corrected chi connectivity index (χ3v) is 7.06. The van der Waals surface area contributed by atoms with Crippen LogP contribution in [0.15, 0.2) is 29.2 Å². The highest BCUT2D eigenvalue weighted by Gasteiger charge is 2.31. The summed E-state index contributed by atoms with van der Waals surface area (Å²) in [6, 6.07) is 6.47. The second-order valence-electron chi connectivity index (χ2n) is 7.65. The van der Waals surface area contributed by atoms with Gasteiger partial charge < -0.3 is 4.90 Å². The van der Waals surface area contributed by atoms with Crippen LogP contribution < -0.4 is 0 Å². The molecule has 2 aliphatic rings. The van der Waals surface area contributed by atoms with Gasteiger partial charge in [0.15, 0.2) is 0 Å². The summed E-state index contributed by atoms with van der Waals surface area (Å²) in [6.45, 7) is 6.92. The molecule has 0 spiro atoms. The summed E-state index contributed by atoms with van der Waals surface area (Å²) in [5.74, 6) is 0.751. The van der Waals surface area contributed by atoms with Crippen LogP contribution in [-0.4, -0.2) is 49.7 Å². The van der Waals surface area contributed by atoms with E-state index in [1.54, 1.807) is 28.6 Å². The van der Waals surface area contributed by atoms with Crippen molar-refractivity contribution in [1.82, 2.24) is 9.21 Å². The van der Waals surface area contributed by atoms with Crippen molar-refractivity contribution in [1.29, 1.82) is 0 Å². The summed E-state index contributed by atoms with van der Waals surface area (Å²) < 4.78 is 27.4. The monoisotopic (exact) mass is 364 g/mol. The zero-order chi connectivity index (χ0) is 18.0. The van der Waals surface area contributed by atoms with E-state index in [1.165, 1.54) is 6.42 Å². The minimum Gasteiger partial charge on any atom is -0.339 e. The van der Waals surface area contributed by atoms with E-state index < -0.39 is 10.0 Å². The Morgan fingerprint density at radius 2 is 1.52 bits per heavy atom. The fourth-order valence-electron chi connectivity index (χ4n) is 4.00. The summed E-state index contributed by atoms with van der Waals surface area (Å²) in [5, 5.41) is 0. The Morgan fingerprint density at radius 3 is 2.08 bits per heavy atom. The van der Waals surface area contributed by atoms with Crippen LogP contribution in [0.5, 0.6) is 0 Å². The summed E-state index contributed by atoms with van der Waals surface area (Å²) in [7, 11) is -3.49. The maximum atomic E-state index is 12.9. The molecule has 2 heterocycles. The maximum absolute atomic E-state index is 12.9. The molecule has 0 saturated carbocycles. The van der Waals surface area contributed by atoms with Gasteiger partial charge in [0.05, 0.1) is 4.90 Å². The molecule has 3 rings (SSSR count). The molecule has 2 aliphatic heterocycles. The van der Waals surface area contributed by atoms with Gasteiger partial charge in [0.2, 0.25) is 10.0 Å². The standard InChI is InChI=1S/C19H28N2O3S/c1-15-12-16(2)14-21(13-15)25(23,24)18-8-6-17(7-9-18)19(22)20-10-4-3-5-11-20/h6-9,15-16H,3-5,10-14H2,1-2H3. The second-order valence-corrected chi connectivity index (χ2v) is 9.58. The zero-order valence-electron chi connectivity index (χ0n) is 15.1. The van der Waals surface area contributed by atoms with Crippen LogP contribution >= 0.6 is 0 Å². The van der Waals surface area contributed by atoms with Gasteiger partial charge in [-0.1, -0.05) is 13.8 Å². The predicted molar refractivity (Wildman–Crippen MR) is 97.9 cm³/mol. The van der Waals surface area contributed by atoms with Crippen LogP contribution in [0.2, 0.25) is 0 Å². The Labute approximate surface area is 151 Å². The Kier molecular flexibility index (Phi) is 5.49. The molecule has 0 bridgehead atoms. The van der Waals surface area contributed by atoms with Gasteiger partial charge in [-0.3, -0.25) is 4.79 Å². The Bertz CT molecular complexity index is 699. The summed E-state index contributed by atoms with van der Waals surface area (Å²) in [6.07, 6.45) is 4.33. The fraction of sp³-hybridized carbons (Fsp3) is 0.632. The van der Waals surface area contributed by atoms with Gasteiger partial charge in [0, 0.05) is 31.7 Å². The fourth-order valence-corrected chi connectivity index (χ4v) is 5.68. The minimum atomic E-state index is -3.49. The number of hydrogen-bond donors (Lipinski definition) is 0. The van der Waals surface area contributed by atoms with Crippen molar-refractivity contribution in [3.05, 3.63) is 29.8 Å². The first kappa shape index (κ1) is 18.4. The quantitative estimate of drug-likeness (QED) is 0.828. The summed E-state index contributed by atoms with van der Waals surface area (Å²) in [4.78, 5) is 14.7. The van der Waals surface area contributed by atoms with Crippen molar-refractivity contribution < 1.29 is 13.2 Å². The molecule has 0 aromatic heterocycles. The van der Waals surface area contributed by atoms with Gasteiger partial charge in [-0.15, -0.1) is 0 Å². The molecule has 2 atom stereocenters. The van der Waals surface area contributed by atoms with Gasteiger partial charge in [-0.2, -0.15) is 4.31 Å². The zero-order valence-corrected chi connectivity index (χ0v) is 16.0. The number of piperidine rings is 2. The number of rotatable bonds is 3. The molecule has 2 saturated heterocycles. The van der Waals surface area contributed by atoms with Crippen LogP contribution in [0.4, 0.5) is 0 Å². The number of sulfonamides is 1. The van der Waals surface area contributed by atoms with E-state index in [0.29, 0.717) is 30.5 Å². The van der Waals surface area contributed by atoms with Gasteiger partial charge in [-0.05, 0) is 61.8 Å². The van der Waals surface area contributed by atoms with E-state index in [2.05, 4.69) is 13.8 Å². The SMILES string of the molecule is CC1CC(C)CN(S(=O)(=O)c2ccc(C(=O)N3CCCCC3)cc2)C1. The second kappa shape index (κ2) is 7.46. The molecular weight excluding hydrogens is 336 g/mol. The predicted octanol–water partition coefficient (Wildman–Crippen LogP) is 2.98. The summed E-state index contributed by atoms with van der Waals surface area (Å²) >= 11 is 0. The lowest BCUT2D eigenvalue weighted by Gasteiger charge is -2.34. The molecule has 25 heavy (non-hydrogen) atoms. The van der Waals surface area contributed by atoms with Gasteiger partial charge in [-0.25, -0.2) is 8.42 Å². The molecule has 2 unspecified atom stereocenters. The van der Waals surface area contributed by atoms with E-state index in [9.17, 15) is 13.2 Å². The van der Waals surface area contributed by atoms with E-state index in [0.717, 1.165) is 32.4 Å². The normalized spacial score (nSPS) is 25.8. The molecule has 0 N–H and O–H groups in total. The number of likely N-dealkylation sites (tertiary alicyclic amines) is 1. The first-order valence-electron chi connectivity index (χ1n) is 9.27. The smallest absolute Gasteiger partial charge is 0.253 e. The van der Waals surface area contributed by atoms with Crippen molar-refractivity contribution in [2.45, 2.75) is 44.4 Å².